The number of nitro groups is 1. The van der Waals surface area contributed by atoms with E-state index in [4.69, 9.17) is 26.9 Å². The van der Waals surface area contributed by atoms with Crippen LogP contribution in [0.2, 0.25) is 5.02 Å². The SMILES string of the molecule is CC(C)C[C@@H](NC(=O)OC(C)(C)C)/C(N)=N\OCC(=O)Nc1ccc(Cl)c([N+](=O)[O-])c1. The summed E-state index contributed by atoms with van der Waals surface area (Å²) in [5.41, 5.74) is 5.08. The lowest BCUT2D eigenvalue weighted by molar-refractivity contribution is -0.384. The standard InChI is InChI=1S/C19H28ClN5O6/c1-11(2)8-14(23-18(27)31-19(3,4)5)17(21)24-30-10-16(26)22-12-6-7-13(20)15(9-12)25(28)29/h6-7,9,11,14H,8,10H2,1-5H3,(H2,21,24)(H,22,26)(H,23,27)/t14-/m1/s1. The second kappa shape index (κ2) is 11.3. The van der Waals surface area contributed by atoms with Crippen LogP contribution < -0.4 is 16.4 Å². The van der Waals surface area contributed by atoms with E-state index in [-0.39, 0.29) is 28.2 Å². The fourth-order valence-corrected chi connectivity index (χ4v) is 2.52. The molecule has 1 atom stereocenters. The second-order valence-electron chi connectivity index (χ2n) is 8.09. The molecule has 0 unspecified atom stereocenters. The molecule has 12 heteroatoms. The van der Waals surface area contributed by atoms with Gasteiger partial charge in [0.15, 0.2) is 12.4 Å². The molecule has 1 rings (SSSR count). The van der Waals surface area contributed by atoms with Crippen molar-refractivity contribution in [2.45, 2.75) is 52.7 Å². The van der Waals surface area contributed by atoms with Crippen molar-refractivity contribution >= 4 is 40.8 Å². The quantitative estimate of drug-likeness (QED) is 0.222. The number of alkyl carbamates (subject to hydrolysis) is 1. The molecule has 0 spiro atoms. The molecule has 11 nitrogen and oxygen atoms in total. The fourth-order valence-electron chi connectivity index (χ4n) is 2.33. The number of carbonyl (C=O) groups is 2. The number of amidine groups is 1. The summed E-state index contributed by atoms with van der Waals surface area (Å²) in [7, 11) is 0. The van der Waals surface area contributed by atoms with Crippen LogP contribution in [0.4, 0.5) is 16.2 Å². The molecule has 0 saturated heterocycles. The number of oxime groups is 1. The van der Waals surface area contributed by atoms with Gasteiger partial charge in [-0.1, -0.05) is 30.6 Å². The van der Waals surface area contributed by atoms with Crippen LogP contribution in [0.25, 0.3) is 0 Å². The predicted molar refractivity (Wildman–Crippen MR) is 117 cm³/mol. The zero-order chi connectivity index (χ0) is 23.8. The minimum atomic E-state index is -0.677. The number of carbonyl (C=O) groups excluding carboxylic acids is 2. The molecule has 172 valence electrons. The van der Waals surface area contributed by atoms with Crippen LogP contribution in [0.5, 0.6) is 0 Å². The number of ether oxygens (including phenoxy) is 1. The number of rotatable bonds is 9. The molecule has 0 saturated carbocycles. The molecule has 4 N–H and O–H groups in total. The lowest BCUT2D eigenvalue weighted by Crippen LogP contribution is -2.47. The van der Waals surface area contributed by atoms with Gasteiger partial charge in [0.25, 0.3) is 11.6 Å². The molecule has 0 bridgehead atoms. The molecule has 1 aromatic carbocycles. The first-order chi connectivity index (χ1) is 14.3. The largest absolute Gasteiger partial charge is 0.444 e. The monoisotopic (exact) mass is 457 g/mol. The van der Waals surface area contributed by atoms with Crippen molar-refractivity contribution in [3.05, 3.63) is 33.3 Å². The van der Waals surface area contributed by atoms with Crippen LogP contribution in [0.15, 0.2) is 23.4 Å². The Labute approximate surface area is 185 Å². The van der Waals surface area contributed by atoms with E-state index in [2.05, 4.69) is 15.8 Å². The van der Waals surface area contributed by atoms with Gasteiger partial charge in [0.05, 0.1) is 11.0 Å². The van der Waals surface area contributed by atoms with Crippen molar-refractivity contribution in [3.8, 4) is 0 Å². The average Bonchev–Trinajstić information content (AvgIpc) is 2.60. The molecule has 0 aliphatic carbocycles. The van der Waals surface area contributed by atoms with Crippen molar-refractivity contribution in [1.29, 1.82) is 0 Å². The molecule has 2 amide bonds. The van der Waals surface area contributed by atoms with E-state index < -0.39 is 35.2 Å². The van der Waals surface area contributed by atoms with E-state index in [0.717, 1.165) is 6.07 Å². The zero-order valence-corrected chi connectivity index (χ0v) is 18.9. The van der Waals surface area contributed by atoms with Gasteiger partial charge >= 0.3 is 6.09 Å². The third-order valence-corrected chi connectivity index (χ3v) is 3.87. The van der Waals surface area contributed by atoms with E-state index >= 15 is 0 Å². The maximum atomic E-state index is 12.0. The van der Waals surface area contributed by atoms with Crippen LogP contribution in [-0.2, 0) is 14.4 Å². The Kier molecular flexibility index (Phi) is 9.50. The summed E-state index contributed by atoms with van der Waals surface area (Å²) in [5.74, 6) is -0.471. The molecule has 0 aliphatic rings. The van der Waals surface area contributed by atoms with Crippen molar-refractivity contribution in [1.82, 2.24) is 5.32 Å². The molecule has 0 aromatic heterocycles. The number of hydrogen-bond donors (Lipinski definition) is 3. The number of halogens is 1. The maximum Gasteiger partial charge on any atom is 0.408 e. The molecule has 0 radical (unpaired) electrons. The van der Waals surface area contributed by atoms with E-state index in [9.17, 15) is 19.7 Å². The van der Waals surface area contributed by atoms with Crippen LogP contribution in [0.1, 0.15) is 41.0 Å². The van der Waals surface area contributed by atoms with Crippen LogP contribution in [-0.4, -0.2) is 41.0 Å². The van der Waals surface area contributed by atoms with Crippen molar-refractivity contribution in [2.24, 2.45) is 16.8 Å². The fraction of sp³-hybridized carbons (Fsp3) is 0.526. The highest BCUT2D eigenvalue weighted by Crippen LogP contribution is 2.27. The summed E-state index contributed by atoms with van der Waals surface area (Å²) >= 11 is 5.73. The molecule has 0 aliphatic heterocycles. The van der Waals surface area contributed by atoms with E-state index in [1.807, 2.05) is 13.8 Å². The van der Waals surface area contributed by atoms with E-state index in [0.29, 0.717) is 6.42 Å². The Hall–Kier alpha value is -3.08. The summed E-state index contributed by atoms with van der Waals surface area (Å²) in [4.78, 5) is 39.3. The molecule has 1 aromatic rings. The highest BCUT2D eigenvalue weighted by molar-refractivity contribution is 6.32. The van der Waals surface area contributed by atoms with Gasteiger partial charge in [0.2, 0.25) is 0 Å². The van der Waals surface area contributed by atoms with E-state index in [1.165, 1.54) is 12.1 Å². The van der Waals surface area contributed by atoms with Gasteiger partial charge in [-0.3, -0.25) is 14.9 Å². The van der Waals surface area contributed by atoms with Gasteiger partial charge < -0.3 is 25.9 Å². The van der Waals surface area contributed by atoms with Crippen LogP contribution >= 0.6 is 11.6 Å². The predicted octanol–water partition coefficient (Wildman–Crippen LogP) is 3.41. The first kappa shape index (κ1) is 26.0. The Bertz CT molecular complexity index is 838. The topological polar surface area (TPSA) is 158 Å². The number of nitrogens with one attached hydrogen (secondary N) is 2. The van der Waals surface area contributed by atoms with Crippen molar-refractivity contribution < 1.29 is 24.1 Å². The maximum absolute atomic E-state index is 12.0. The summed E-state index contributed by atoms with van der Waals surface area (Å²) in [6, 6.07) is 3.18. The molecular weight excluding hydrogens is 430 g/mol. The third kappa shape index (κ3) is 9.98. The van der Waals surface area contributed by atoms with Crippen LogP contribution in [0.3, 0.4) is 0 Å². The van der Waals surface area contributed by atoms with Gasteiger partial charge in [-0.15, -0.1) is 0 Å². The average molecular weight is 458 g/mol. The molecule has 0 heterocycles. The Balaban J connectivity index is 2.70. The summed E-state index contributed by atoms with van der Waals surface area (Å²) in [6.07, 6.45) is -0.183. The number of nitrogens with two attached hydrogens (primary N) is 1. The molecular formula is C19H28ClN5O6. The number of nitrogens with zero attached hydrogens (tertiary/aromatic N) is 2. The number of nitro benzene ring substituents is 1. The molecule has 31 heavy (non-hydrogen) atoms. The van der Waals surface area contributed by atoms with Gasteiger partial charge in [-0.05, 0) is 45.2 Å². The Morgan fingerprint density at radius 1 is 1.32 bits per heavy atom. The van der Waals surface area contributed by atoms with Gasteiger partial charge in [-0.25, -0.2) is 4.79 Å². The molecule has 0 fully saturated rings. The zero-order valence-electron chi connectivity index (χ0n) is 18.1. The van der Waals surface area contributed by atoms with Gasteiger partial charge in [0.1, 0.15) is 10.6 Å². The first-order valence-electron chi connectivity index (χ1n) is 9.47. The Morgan fingerprint density at radius 2 is 1.97 bits per heavy atom. The smallest absolute Gasteiger partial charge is 0.408 e. The second-order valence-corrected chi connectivity index (χ2v) is 8.50. The normalized spacial score (nSPS) is 12.8. The number of amides is 2. The lowest BCUT2D eigenvalue weighted by atomic mass is 10.0. The number of hydrogen-bond acceptors (Lipinski definition) is 7. The number of benzene rings is 1. The van der Waals surface area contributed by atoms with Gasteiger partial charge in [-0.2, -0.15) is 0 Å². The minimum Gasteiger partial charge on any atom is -0.444 e. The summed E-state index contributed by atoms with van der Waals surface area (Å²) in [6.45, 7) is 8.58. The first-order valence-corrected chi connectivity index (χ1v) is 9.85. The number of anilines is 1. The van der Waals surface area contributed by atoms with Crippen LogP contribution in [0, 0.1) is 16.0 Å². The van der Waals surface area contributed by atoms with E-state index in [1.54, 1.807) is 20.8 Å². The summed E-state index contributed by atoms with van der Waals surface area (Å²) in [5, 5.41) is 19.6. The lowest BCUT2D eigenvalue weighted by Gasteiger charge is -2.24. The third-order valence-electron chi connectivity index (χ3n) is 3.55. The summed E-state index contributed by atoms with van der Waals surface area (Å²) < 4.78 is 5.22. The Morgan fingerprint density at radius 3 is 2.52 bits per heavy atom. The highest BCUT2D eigenvalue weighted by atomic mass is 35.5. The van der Waals surface area contributed by atoms with Crippen molar-refractivity contribution in [3.63, 3.8) is 0 Å². The minimum absolute atomic E-state index is 0.0329. The van der Waals surface area contributed by atoms with Crippen molar-refractivity contribution in [2.75, 3.05) is 11.9 Å². The highest BCUT2D eigenvalue weighted by Gasteiger charge is 2.23. The van der Waals surface area contributed by atoms with Gasteiger partial charge in [0, 0.05) is 11.8 Å².